The van der Waals surface area contributed by atoms with Crippen molar-refractivity contribution in [2.75, 3.05) is 0 Å². The van der Waals surface area contributed by atoms with Gasteiger partial charge >= 0.3 is 0 Å². The van der Waals surface area contributed by atoms with Gasteiger partial charge in [0.2, 0.25) is 17.8 Å². The summed E-state index contributed by atoms with van der Waals surface area (Å²) in [5.74, 6) is -0.193. The van der Waals surface area contributed by atoms with Crippen LogP contribution in [0.15, 0.2) is 60.8 Å². The van der Waals surface area contributed by atoms with Crippen LogP contribution in [0.4, 0.5) is 5.69 Å². The Hall–Kier alpha value is -2.79. The number of non-ortho nitro benzene ring substituents is 1. The molecule has 0 N–H and O–H groups in total. The zero-order chi connectivity index (χ0) is 16.4. The van der Waals surface area contributed by atoms with Gasteiger partial charge < -0.3 is 0 Å². The number of nitro groups is 1. The number of aromatic nitrogens is 1. The van der Waals surface area contributed by atoms with Gasteiger partial charge in [-0.3, -0.25) is 14.9 Å². The molecule has 0 aliphatic heterocycles. The van der Waals surface area contributed by atoms with Gasteiger partial charge in [-0.2, -0.15) is 4.57 Å². The van der Waals surface area contributed by atoms with Crippen molar-refractivity contribution in [2.24, 2.45) is 0 Å². The maximum atomic E-state index is 12.4. The van der Waals surface area contributed by atoms with Crippen LogP contribution in [-0.4, -0.2) is 10.7 Å². The normalized spacial score (nSPS) is 10.7. The lowest BCUT2D eigenvalue weighted by Crippen LogP contribution is -2.38. The minimum Gasteiger partial charge on any atom is -0.287 e. The van der Waals surface area contributed by atoms with E-state index in [1.165, 1.54) is 18.2 Å². The van der Waals surface area contributed by atoms with Gasteiger partial charge in [0.05, 0.1) is 4.92 Å². The summed E-state index contributed by atoms with van der Waals surface area (Å²) >= 11 is 5.98. The second-order valence-electron chi connectivity index (χ2n) is 5.07. The molecule has 0 fully saturated rings. The highest BCUT2D eigenvalue weighted by molar-refractivity contribution is 6.31. The van der Waals surface area contributed by atoms with Crippen molar-refractivity contribution in [3.63, 3.8) is 0 Å². The Labute approximate surface area is 136 Å². The van der Waals surface area contributed by atoms with Crippen LogP contribution in [-0.2, 0) is 6.54 Å². The predicted molar refractivity (Wildman–Crippen MR) is 86.6 cm³/mol. The number of ketones is 1. The van der Waals surface area contributed by atoms with Gasteiger partial charge in [-0.25, -0.2) is 0 Å². The van der Waals surface area contributed by atoms with Gasteiger partial charge in [-0.1, -0.05) is 23.7 Å². The zero-order valence-electron chi connectivity index (χ0n) is 12.0. The molecular formula is C17H12ClN2O3+. The maximum absolute atomic E-state index is 12.4. The molecule has 3 aromatic rings. The highest BCUT2D eigenvalue weighted by atomic mass is 35.5. The van der Waals surface area contributed by atoms with Crippen molar-refractivity contribution in [3.05, 3.63) is 81.5 Å². The van der Waals surface area contributed by atoms with Crippen molar-refractivity contribution in [1.82, 2.24) is 0 Å². The molecule has 0 unspecified atom stereocenters. The Morgan fingerprint density at radius 2 is 1.96 bits per heavy atom. The fraction of sp³-hybridized carbons (Fsp3) is 0.0588. The molecule has 114 valence electrons. The quantitative estimate of drug-likeness (QED) is 0.318. The summed E-state index contributed by atoms with van der Waals surface area (Å²) in [6.45, 7) is 0.0974. The number of benzene rings is 2. The Morgan fingerprint density at radius 1 is 1.13 bits per heavy atom. The number of halogens is 1. The molecule has 0 spiro atoms. The minimum absolute atomic E-state index is 0.0921. The number of Topliss-reactive ketones (excluding diaryl/α,β-unsaturated/α-hetero) is 1. The first-order chi connectivity index (χ1) is 11.0. The Balaban J connectivity index is 1.94. The molecule has 0 radical (unpaired) electrons. The Morgan fingerprint density at radius 3 is 2.74 bits per heavy atom. The molecule has 0 saturated carbocycles. The highest BCUT2D eigenvalue weighted by Gasteiger charge is 2.17. The molecule has 3 rings (SSSR count). The van der Waals surface area contributed by atoms with Gasteiger partial charge in [-0.15, -0.1) is 0 Å². The summed E-state index contributed by atoms with van der Waals surface area (Å²) in [6, 6.07) is 14.9. The number of carbonyl (C=O) groups excluding carboxylic acids is 1. The van der Waals surface area contributed by atoms with Gasteiger partial charge in [0, 0.05) is 40.2 Å². The Bertz CT molecular complexity index is 925. The van der Waals surface area contributed by atoms with E-state index in [-0.39, 0.29) is 18.0 Å². The zero-order valence-corrected chi connectivity index (χ0v) is 12.7. The van der Waals surface area contributed by atoms with Gasteiger partial charge in [0.15, 0.2) is 6.20 Å². The van der Waals surface area contributed by atoms with Gasteiger partial charge in [0.25, 0.3) is 5.69 Å². The summed E-state index contributed by atoms with van der Waals surface area (Å²) in [5.41, 5.74) is 1.10. The first kappa shape index (κ1) is 15.1. The van der Waals surface area contributed by atoms with E-state index in [0.717, 1.165) is 10.9 Å². The first-order valence-electron chi connectivity index (χ1n) is 6.90. The van der Waals surface area contributed by atoms with E-state index >= 15 is 0 Å². The van der Waals surface area contributed by atoms with Crippen LogP contribution in [0, 0.1) is 10.1 Å². The van der Waals surface area contributed by atoms with E-state index in [1.54, 1.807) is 22.9 Å². The van der Waals surface area contributed by atoms with Crippen molar-refractivity contribution >= 4 is 34.0 Å². The molecule has 0 amide bonds. The van der Waals surface area contributed by atoms with E-state index in [0.29, 0.717) is 10.6 Å². The van der Waals surface area contributed by atoms with Gasteiger partial charge in [-0.05, 0) is 18.2 Å². The summed E-state index contributed by atoms with van der Waals surface area (Å²) in [6.07, 6.45) is 1.80. The van der Waals surface area contributed by atoms with Crippen molar-refractivity contribution in [1.29, 1.82) is 0 Å². The van der Waals surface area contributed by atoms with Crippen LogP contribution in [0.3, 0.4) is 0 Å². The van der Waals surface area contributed by atoms with Crippen molar-refractivity contribution in [2.45, 2.75) is 6.54 Å². The van der Waals surface area contributed by atoms with Crippen LogP contribution < -0.4 is 4.57 Å². The maximum Gasteiger partial charge on any atom is 0.270 e. The standard InChI is InChI=1S/C17H12ClN2O3/c18-14-6-7-16-12(9-14)4-2-8-19(16)11-17(21)13-3-1-5-15(10-13)20(22)23/h1-10H,11H2/q+1. The fourth-order valence-corrected chi connectivity index (χ4v) is 2.61. The monoisotopic (exact) mass is 327 g/mol. The molecule has 0 bridgehead atoms. The third-order valence-electron chi connectivity index (χ3n) is 3.53. The SMILES string of the molecule is O=C(C[n+]1cccc2cc(Cl)ccc21)c1cccc([N+](=O)[O-])c1. The minimum atomic E-state index is -0.510. The summed E-state index contributed by atoms with van der Waals surface area (Å²) in [7, 11) is 0. The average molecular weight is 328 g/mol. The fourth-order valence-electron chi connectivity index (χ4n) is 2.43. The van der Waals surface area contributed by atoms with Crippen LogP contribution in [0.5, 0.6) is 0 Å². The first-order valence-corrected chi connectivity index (χ1v) is 7.28. The molecule has 0 atom stereocenters. The number of pyridine rings is 1. The number of hydrogen-bond acceptors (Lipinski definition) is 3. The molecule has 2 aromatic carbocycles. The van der Waals surface area contributed by atoms with Gasteiger partial charge in [0.1, 0.15) is 0 Å². The third kappa shape index (κ3) is 3.19. The number of nitro benzene ring substituents is 1. The van der Waals surface area contributed by atoms with Crippen molar-refractivity contribution < 1.29 is 14.3 Å². The summed E-state index contributed by atoms with van der Waals surface area (Å²) < 4.78 is 1.80. The molecule has 1 heterocycles. The van der Waals surface area contributed by atoms with Crippen LogP contribution in [0.2, 0.25) is 5.02 Å². The predicted octanol–water partition coefficient (Wildman–Crippen LogP) is 3.57. The topological polar surface area (TPSA) is 64.1 Å². The van der Waals surface area contributed by atoms with Crippen LogP contribution >= 0.6 is 11.6 Å². The Kier molecular flexibility index (Phi) is 4.04. The smallest absolute Gasteiger partial charge is 0.270 e. The molecule has 1 aromatic heterocycles. The number of hydrogen-bond donors (Lipinski definition) is 0. The number of fused-ring (bicyclic) bond motifs is 1. The van der Waals surface area contributed by atoms with Crippen molar-refractivity contribution in [3.8, 4) is 0 Å². The van der Waals surface area contributed by atoms with E-state index in [2.05, 4.69) is 0 Å². The third-order valence-corrected chi connectivity index (χ3v) is 3.77. The largest absolute Gasteiger partial charge is 0.287 e. The molecular weight excluding hydrogens is 316 g/mol. The van der Waals surface area contributed by atoms with E-state index in [9.17, 15) is 14.9 Å². The van der Waals surface area contributed by atoms with E-state index < -0.39 is 4.92 Å². The molecule has 0 aliphatic carbocycles. The molecule has 23 heavy (non-hydrogen) atoms. The second kappa shape index (κ2) is 6.14. The van der Waals surface area contributed by atoms with E-state index in [4.69, 9.17) is 11.6 Å². The van der Waals surface area contributed by atoms with Crippen LogP contribution in [0.1, 0.15) is 10.4 Å². The number of nitrogens with zero attached hydrogens (tertiary/aromatic N) is 2. The summed E-state index contributed by atoms with van der Waals surface area (Å²) in [4.78, 5) is 22.7. The number of rotatable bonds is 4. The molecule has 0 aliphatic rings. The average Bonchev–Trinajstić information content (AvgIpc) is 2.54. The lowest BCUT2D eigenvalue weighted by atomic mass is 10.1. The van der Waals surface area contributed by atoms with E-state index in [1.807, 2.05) is 24.3 Å². The second-order valence-corrected chi connectivity index (χ2v) is 5.51. The highest BCUT2D eigenvalue weighted by Crippen LogP contribution is 2.17. The summed E-state index contributed by atoms with van der Waals surface area (Å²) in [5, 5.41) is 12.4. The molecule has 6 heteroatoms. The molecule has 5 nitrogen and oxygen atoms in total. The number of carbonyl (C=O) groups is 1. The lowest BCUT2D eigenvalue weighted by molar-refractivity contribution is -0.657. The molecule has 0 saturated heterocycles. The van der Waals surface area contributed by atoms with Crippen LogP contribution in [0.25, 0.3) is 10.9 Å². The lowest BCUT2D eigenvalue weighted by Gasteiger charge is -2.02.